The maximum atomic E-state index is 12.2. The van der Waals surface area contributed by atoms with E-state index in [0.29, 0.717) is 16.6 Å². The Hall–Kier alpha value is -2.99. The van der Waals surface area contributed by atoms with Gasteiger partial charge >= 0.3 is 0 Å². The second-order valence-electron chi connectivity index (χ2n) is 5.59. The van der Waals surface area contributed by atoms with Gasteiger partial charge in [-0.3, -0.25) is 9.89 Å². The van der Waals surface area contributed by atoms with Crippen molar-refractivity contribution in [1.82, 2.24) is 10.2 Å². The summed E-state index contributed by atoms with van der Waals surface area (Å²) < 4.78 is 10.6. The molecule has 1 aromatic heterocycles. The van der Waals surface area contributed by atoms with Crippen molar-refractivity contribution < 1.29 is 14.3 Å². The molecular formula is C19H18ClN3O3. The van der Waals surface area contributed by atoms with E-state index < -0.39 is 0 Å². The van der Waals surface area contributed by atoms with Gasteiger partial charge in [-0.25, -0.2) is 0 Å². The molecule has 26 heavy (non-hydrogen) atoms. The molecule has 0 saturated heterocycles. The third-order valence-electron chi connectivity index (χ3n) is 3.75. The van der Waals surface area contributed by atoms with Crippen molar-refractivity contribution in [3.63, 3.8) is 0 Å². The smallest absolute Gasteiger partial charge is 0.263 e. The molecule has 1 heterocycles. The zero-order valence-corrected chi connectivity index (χ0v) is 15.1. The Kier molecular flexibility index (Phi) is 5.43. The van der Waals surface area contributed by atoms with E-state index in [9.17, 15) is 4.79 Å². The van der Waals surface area contributed by atoms with E-state index in [1.807, 2.05) is 31.2 Å². The lowest BCUT2D eigenvalue weighted by molar-refractivity contribution is -0.118. The number of aryl methyl sites for hydroxylation is 1. The van der Waals surface area contributed by atoms with Gasteiger partial charge in [-0.15, -0.1) is 0 Å². The van der Waals surface area contributed by atoms with E-state index in [-0.39, 0.29) is 12.5 Å². The number of halogens is 1. The highest BCUT2D eigenvalue weighted by molar-refractivity contribution is 6.30. The number of anilines is 1. The number of carbonyl (C=O) groups excluding carboxylic acids is 1. The number of ether oxygens (including phenoxy) is 2. The molecule has 0 saturated carbocycles. The van der Waals surface area contributed by atoms with Crippen molar-refractivity contribution in [3.05, 3.63) is 59.2 Å². The van der Waals surface area contributed by atoms with Crippen LogP contribution in [0.5, 0.6) is 11.5 Å². The van der Waals surface area contributed by atoms with Gasteiger partial charge in [0.15, 0.2) is 12.4 Å². The molecule has 0 unspecified atom stereocenters. The van der Waals surface area contributed by atoms with Gasteiger partial charge in [-0.1, -0.05) is 29.8 Å². The quantitative estimate of drug-likeness (QED) is 0.685. The molecule has 6 nitrogen and oxygen atoms in total. The number of rotatable bonds is 6. The molecule has 0 aliphatic rings. The summed E-state index contributed by atoms with van der Waals surface area (Å²) in [7, 11) is 1.61. The van der Waals surface area contributed by atoms with Crippen molar-refractivity contribution in [2.24, 2.45) is 0 Å². The van der Waals surface area contributed by atoms with Gasteiger partial charge in [0.05, 0.1) is 7.11 Å². The number of H-pyrrole nitrogens is 1. The van der Waals surface area contributed by atoms with Crippen molar-refractivity contribution in [1.29, 1.82) is 0 Å². The van der Waals surface area contributed by atoms with Crippen LogP contribution >= 0.6 is 11.6 Å². The second-order valence-corrected chi connectivity index (χ2v) is 6.03. The zero-order valence-electron chi connectivity index (χ0n) is 14.4. The molecule has 2 aromatic carbocycles. The van der Waals surface area contributed by atoms with Crippen LogP contribution in [0, 0.1) is 6.92 Å². The molecule has 134 valence electrons. The molecule has 0 aliphatic carbocycles. The van der Waals surface area contributed by atoms with Crippen LogP contribution in [-0.4, -0.2) is 29.8 Å². The van der Waals surface area contributed by atoms with Gasteiger partial charge in [0.1, 0.15) is 11.5 Å². The SMILES string of the molecule is COc1ccc(-c2c(NC(=O)COc3cccc(Cl)c3)n[nH]c2C)cc1. The Labute approximate surface area is 156 Å². The number of hydrogen-bond donors (Lipinski definition) is 2. The number of methoxy groups -OCH3 is 1. The number of nitrogens with one attached hydrogen (secondary N) is 2. The minimum Gasteiger partial charge on any atom is -0.497 e. The summed E-state index contributed by atoms with van der Waals surface area (Å²) in [5.74, 6) is 1.43. The van der Waals surface area contributed by atoms with E-state index in [2.05, 4.69) is 15.5 Å². The van der Waals surface area contributed by atoms with Crippen LogP contribution in [0.4, 0.5) is 5.82 Å². The highest BCUT2D eigenvalue weighted by Crippen LogP contribution is 2.30. The summed E-state index contributed by atoms with van der Waals surface area (Å²) in [5, 5.41) is 10.4. The summed E-state index contributed by atoms with van der Waals surface area (Å²) in [6.07, 6.45) is 0. The Balaban J connectivity index is 1.70. The average Bonchev–Trinajstić information content (AvgIpc) is 3.00. The first-order valence-corrected chi connectivity index (χ1v) is 8.32. The van der Waals surface area contributed by atoms with Crippen molar-refractivity contribution >= 4 is 23.3 Å². The predicted octanol–water partition coefficient (Wildman–Crippen LogP) is 4.06. The third-order valence-corrected chi connectivity index (χ3v) is 3.98. The monoisotopic (exact) mass is 371 g/mol. The van der Waals surface area contributed by atoms with E-state index in [0.717, 1.165) is 22.6 Å². The Morgan fingerprint density at radius 3 is 2.65 bits per heavy atom. The normalized spacial score (nSPS) is 10.4. The van der Waals surface area contributed by atoms with Gasteiger partial charge in [0.25, 0.3) is 5.91 Å². The maximum Gasteiger partial charge on any atom is 0.263 e. The number of nitrogens with zero attached hydrogens (tertiary/aromatic N) is 1. The molecule has 1 amide bonds. The summed E-state index contributed by atoms with van der Waals surface area (Å²) >= 11 is 5.90. The van der Waals surface area contributed by atoms with Gasteiger partial charge in [-0.05, 0) is 42.8 Å². The number of amides is 1. The Bertz CT molecular complexity index is 907. The van der Waals surface area contributed by atoms with Crippen LogP contribution in [0.2, 0.25) is 5.02 Å². The molecule has 0 aliphatic heterocycles. The molecule has 2 N–H and O–H groups in total. The lowest BCUT2D eigenvalue weighted by Gasteiger charge is -2.09. The molecule has 3 rings (SSSR count). The minimum absolute atomic E-state index is 0.145. The fourth-order valence-corrected chi connectivity index (χ4v) is 2.68. The van der Waals surface area contributed by atoms with E-state index in [1.165, 1.54) is 0 Å². The second kappa shape index (κ2) is 7.93. The first kappa shape index (κ1) is 17.8. The van der Waals surface area contributed by atoms with Gasteiger partial charge in [0.2, 0.25) is 0 Å². The summed E-state index contributed by atoms with van der Waals surface area (Å²) in [4.78, 5) is 12.2. The first-order valence-electron chi connectivity index (χ1n) is 7.94. The van der Waals surface area contributed by atoms with E-state index in [1.54, 1.807) is 31.4 Å². The molecule has 7 heteroatoms. The molecule has 0 spiro atoms. The standard InChI is InChI=1S/C19H18ClN3O3/c1-12-18(13-6-8-15(25-2)9-7-13)19(23-22-12)21-17(24)11-26-16-5-3-4-14(20)10-16/h3-10H,11H2,1-2H3,(H2,21,22,23,24). The Morgan fingerprint density at radius 2 is 1.96 bits per heavy atom. The number of benzene rings is 2. The lowest BCUT2D eigenvalue weighted by atomic mass is 10.1. The largest absolute Gasteiger partial charge is 0.497 e. The van der Waals surface area contributed by atoms with Gasteiger partial charge in [0, 0.05) is 16.3 Å². The summed E-state index contributed by atoms with van der Waals surface area (Å²) in [6.45, 7) is 1.75. The molecule has 0 fully saturated rings. The van der Waals surface area contributed by atoms with Crippen LogP contribution < -0.4 is 14.8 Å². The fraction of sp³-hybridized carbons (Fsp3) is 0.158. The average molecular weight is 372 g/mol. The van der Waals surface area contributed by atoms with Gasteiger partial charge in [-0.2, -0.15) is 5.10 Å². The zero-order chi connectivity index (χ0) is 18.5. The number of hydrogen-bond acceptors (Lipinski definition) is 4. The summed E-state index contributed by atoms with van der Waals surface area (Å²) in [5.41, 5.74) is 2.59. The van der Waals surface area contributed by atoms with Crippen LogP contribution in [0.15, 0.2) is 48.5 Å². The number of aromatic nitrogens is 2. The predicted molar refractivity (Wildman–Crippen MR) is 101 cm³/mol. The highest BCUT2D eigenvalue weighted by Gasteiger charge is 2.15. The topological polar surface area (TPSA) is 76.2 Å². The highest BCUT2D eigenvalue weighted by atomic mass is 35.5. The van der Waals surface area contributed by atoms with Crippen LogP contribution in [0.1, 0.15) is 5.69 Å². The fourth-order valence-electron chi connectivity index (χ4n) is 2.50. The molecule has 0 atom stereocenters. The van der Waals surface area contributed by atoms with Crippen molar-refractivity contribution in [2.75, 3.05) is 19.0 Å². The van der Waals surface area contributed by atoms with E-state index in [4.69, 9.17) is 21.1 Å². The molecule has 3 aromatic rings. The van der Waals surface area contributed by atoms with Crippen LogP contribution in [-0.2, 0) is 4.79 Å². The maximum absolute atomic E-state index is 12.2. The lowest BCUT2D eigenvalue weighted by Crippen LogP contribution is -2.20. The molecule has 0 bridgehead atoms. The third kappa shape index (κ3) is 4.15. The van der Waals surface area contributed by atoms with Crippen molar-refractivity contribution in [2.45, 2.75) is 6.92 Å². The van der Waals surface area contributed by atoms with E-state index >= 15 is 0 Å². The Morgan fingerprint density at radius 1 is 1.19 bits per heavy atom. The number of carbonyl (C=O) groups is 1. The van der Waals surface area contributed by atoms with Crippen LogP contribution in [0.25, 0.3) is 11.1 Å². The first-order chi connectivity index (χ1) is 12.6. The minimum atomic E-state index is -0.314. The van der Waals surface area contributed by atoms with Gasteiger partial charge < -0.3 is 14.8 Å². The summed E-state index contributed by atoms with van der Waals surface area (Å²) in [6, 6.07) is 14.4. The van der Waals surface area contributed by atoms with Crippen LogP contribution in [0.3, 0.4) is 0 Å². The molecular weight excluding hydrogens is 354 g/mol. The molecule has 0 radical (unpaired) electrons. The van der Waals surface area contributed by atoms with Crippen molar-refractivity contribution in [3.8, 4) is 22.6 Å². The number of aromatic amines is 1.